The Hall–Kier alpha value is -1.02. The average Bonchev–Trinajstić information content (AvgIpc) is 2.48. The van der Waals surface area contributed by atoms with Crippen LogP contribution in [0.3, 0.4) is 0 Å². The van der Waals surface area contributed by atoms with Crippen molar-refractivity contribution in [2.24, 2.45) is 0 Å². The maximum Gasteiger partial charge on any atom is 0.0405 e. The van der Waals surface area contributed by atoms with Crippen molar-refractivity contribution in [2.75, 3.05) is 18.0 Å². The van der Waals surface area contributed by atoms with Crippen molar-refractivity contribution in [1.82, 2.24) is 5.32 Å². The molecule has 0 saturated carbocycles. The predicted octanol–water partition coefficient (Wildman–Crippen LogP) is 3.49. The van der Waals surface area contributed by atoms with Gasteiger partial charge in [-0.1, -0.05) is 25.5 Å². The molecule has 0 spiro atoms. The molecule has 19 heavy (non-hydrogen) atoms. The summed E-state index contributed by atoms with van der Waals surface area (Å²) >= 11 is 0. The molecule has 1 unspecified atom stereocenters. The van der Waals surface area contributed by atoms with Crippen LogP contribution in [0, 0.1) is 0 Å². The Morgan fingerprint density at radius 3 is 3.16 bits per heavy atom. The zero-order valence-electron chi connectivity index (χ0n) is 12.1. The summed E-state index contributed by atoms with van der Waals surface area (Å²) in [4.78, 5) is 2.72. The predicted molar refractivity (Wildman–Crippen MR) is 81.7 cm³/mol. The smallest absolute Gasteiger partial charge is 0.0405 e. The summed E-state index contributed by atoms with van der Waals surface area (Å²) in [6.07, 6.45) is 8.01. The van der Waals surface area contributed by atoms with Gasteiger partial charge in [0.2, 0.25) is 0 Å². The highest BCUT2D eigenvalue weighted by Gasteiger charge is 2.25. The molecule has 0 aliphatic carbocycles. The van der Waals surface area contributed by atoms with Crippen LogP contribution in [0.5, 0.6) is 0 Å². The molecular formula is C17H26N2. The van der Waals surface area contributed by atoms with E-state index in [2.05, 4.69) is 35.3 Å². The number of fused-ring (bicyclic) bond motifs is 1. The summed E-state index contributed by atoms with van der Waals surface area (Å²) in [6, 6.07) is 7.68. The Morgan fingerprint density at radius 1 is 1.32 bits per heavy atom. The van der Waals surface area contributed by atoms with E-state index in [9.17, 15) is 0 Å². The van der Waals surface area contributed by atoms with Crippen molar-refractivity contribution in [1.29, 1.82) is 0 Å². The van der Waals surface area contributed by atoms with Crippen molar-refractivity contribution in [2.45, 2.75) is 58.0 Å². The van der Waals surface area contributed by atoms with Crippen molar-refractivity contribution in [3.8, 4) is 0 Å². The second kappa shape index (κ2) is 5.96. The van der Waals surface area contributed by atoms with Gasteiger partial charge >= 0.3 is 0 Å². The molecule has 1 saturated heterocycles. The normalized spacial score (nSPS) is 23.2. The summed E-state index contributed by atoms with van der Waals surface area (Å²) in [5.74, 6) is 0. The molecule has 2 nitrogen and oxygen atoms in total. The SMILES string of the molecule is CCCC1CCCCN1c1cccc2c1CCNC2. The van der Waals surface area contributed by atoms with E-state index in [1.807, 2.05) is 0 Å². The lowest BCUT2D eigenvalue weighted by atomic mass is 9.93. The molecule has 2 heterocycles. The number of benzene rings is 1. The molecule has 0 radical (unpaired) electrons. The highest BCUT2D eigenvalue weighted by molar-refractivity contribution is 5.58. The Labute approximate surface area is 117 Å². The number of rotatable bonds is 3. The maximum atomic E-state index is 3.49. The van der Waals surface area contributed by atoms with E-state index in [0.717, 1.165) is 19.1 Å². The second-order valence-electron chi connectivity index (χ2n) is 5.97. The van der Waals surface area contributed by atoms with Gasteiger partial charge < -0.3 is 10.2 Å². The first-order valence-electron chi connectivity index (χ1n) is 7.98. The number of hydrogen-bond acceptors (Lipinski definition) is 2. The summed E-state index contributed by atoms with van der Waals surface area (Å²) in [7, 11) is 0. The molecule has 1 atom stereocenters. The fourth-order valence-corrected chi connectivity index (χ4v) is 3.73. The monoisotopic (exact) mass is 258 g/mol. The molecule has 2 heteroatoms. The summed E-state index contributed by atoms with van der Waals surface area (Å²) in [5.41, 5.74) is 4.67. The third kappa shape index (κ3) is 2.64. The number of nitrogens with one attached hydrogen (secondary N) is 1. The lowest BCUT2D eigenvalue weighted by molar-refractivity contribution is 0.433. The van der Waals surface area contributed by atoms with Gasteiger partial charge in [-0.25, -0.2) is 0 Å². The topological polar surface area (TPSA) is 15.3 Å². The van der Waals surface area contributed by atoms with Gasteiger partial charge in [-0.3, -0.25) is 0 Å². The zero-order chi connectivity index (χ0) is 13.1. The van der Waals surface area contributed by atoms with E-state index in [0.29, 0.717) is 0 Å². The van der Waals surface area contributed by atoms with Gasteiger partial charge in [0.1, 0.15) is 0 Å². The minimum absolute atomic E-state index is 0.778. The third-order valence-corrected chi connectivity index (χ3v) is 4.67. The fourth-order valence-electron chi connectivity index (χ4n) is 3.73. The molecule has 104 valence electrons. The van der Waals surface area contributed by atoms with Gasteiger partial charge in [-0.15, -0.1) is 0 Å². The van der Waals surface area contributed by atoms with Crippen LogP contribution in [-0.4, -0.2) is 19.1 Å². The van der Waals surface area contributed by atoms with E-state index in [4.69, 9.17) is 0 Å². The lowest BCUT2D eigenvalue weighted by Gasteiger charge is -2.39. The van der Waals surface area contributed by atoms with Gasteiger partial charge in [0, 0.05) is 24.8 Å². The summed E-state index contributed by atoms with van der Waals surface area (Å²) < 4.78 is 0. The minimum atomic E-state index is 0.778. The van der Waals surface area contributed by atoms with Crippen LogP contribution in [0.2, 0.25) is 0 Å². The molecule has 0 aromatic heterocycles. The van der Waals surface area contributed by atoms with Crippen molar-refractivity contribution in [3.05, 3.63) is 29.3 Å². The first-order chi connectivity index (χ1) is 9.40. The highest BCUT2D eigenvalue weighted by atomic mass is 15.2. The standard InChI is InChI=1S/C17H26N2/c1-2-6-15-8-3-4-12-19(15)17-9-5-7-14-13-18-11-10-16(14)17/h5,7,9,15,18H,2-4,6,8,10-13H2,1H3. The van der Waals surface area contributed by atoms with Crippen molar-refractivity contribution < 1.29 is 0 Å². The number of piperidine rings is 1. The molecule has 0 bridgehead atoms. The van der Waals surface area contributed by atoms with Crippen LogP contribution in [-0.2, 0) is 13.0 Å². The maximum absolute atomic E-state index is 3.49. The Morgan fingerprint density at radius 2 is 2.26 bits per heavy atom. The fraction of sp³-hybridized carbons (Fsp3) is 0.647. The molecule has 1 fully saturated rings. The first kappa shape index (κ1) is 13.0. The van der Waals surface area contributed by atoms with Gasteiger partial charge in [-0.2, -0.15) is 0 Å². The number of nitrogens with zero attached hydrogens (tertiary/aromatic N) is 1. The molecule has 1 aromatic rings. The lowest BCUT2D eigenvalue weighted by Crippen LogP contribution is -2.40. The minimum Gasteiger partial charge on any atom is -0.368 e. The van der Waals surface area contributed by atoms with Crippen LogP contribution in [0.1, 0.15) is 50.2 Å². The van der Waals surface area contributed by atoms with Gasteiger partial charge in [0.25, 0.3) is 0 Å². The van der Waals surface area contributed by atoms with Crippen LogP contribution in [0.15, 0.2) is 18.2 Å². The Kier molecular flexibility index (Phi) is 4.07. The molecule has 1 N–H and O–H groups in total. The highest BCUT2D eigenvalue weighted by Crippen LogP contribution is 2.32. The molecule has 3 rings (SSSR count). The van der Waals surface area contributed by atoms with Gasteiger partial charge in [0.05, 0.1) is 0 Å². The van der Waals surface area contributed by atoms with Crippen molar-refractivity contribution in [3.63, 3.8) is 0 Å². The summed E-state index contributed by atoms with van der Waals surface area (Å²) in [5, 5.41) is 3.49. The van der Waals surface area contributed by atoms with Crippen LogP contribution in [0.25, 0.3) is 0 Å². The largest absolute Gasteiger partial charge is 0.368 e. The average molecular weight is 258 g/mol. The van der Waals surface area contributed by atoms with E-state index in [1.165, 1.54) is 56.3 Å². The van der Waals surface area contributed by atoms with E-state index >= 15 is 0 Å². The molecular weight excluding hydrogens is 232 g/mol. The second-order valence-corrected chi connectivity index (χ2v) is 5.97. The number of hydrogen-bond donors (Lipinski definition) is 1. The quantitative estimate of drug-likeness (QED) is 0.893. The molecule has 1 aromatic carbocycles. The van der Waals surface area contributed by atoms with E-state index < -0.39 is 0 Å². The van der Waals surface area contributed by atoms with Crippen molar-refractivity contribution >= 4 is 5.69 Å². The van der Waals surface area contributed by atoms with Gasteiger partial charge in [0.15, 0.2) is 0 Å². The van der Waals surface area contributed by atoms with Crippen LogP contribution >= 0.6 is 0 Å². The van der Waals surface area contributed by atoms with Crippen LogP contribution < -0.4 is 10.2 Å². The van der Waals surface area contributed by atoms with Gasteiger partial charge in [-0.05, 0) is 55.8 Å². The molecule has 0 amide bonds. The third-order valence-electron chi connectivity index (χ3n) is 4.67. The zero-order valence-corrected chi connectivity index (χ0v) is 12.1. The van der Waals surface area contributed by atoms with E-state index in [-0.39, 0.29) is 0 Å². The summed E-state index contributed by atoms with van der Waals surface area (Å²) in [6.45, 7) is 5.76. The number of anilines is 1. The molecule has 2 aliphatic rings. The Bertz CT molecular complexity index is 425. The first-order valence-corrected chi connectivity index (χ1v) is 7.98. The van der Waals surface area contributed by atoms with E-state index in [1.54, 1.807) is 5.56 Å². The Balaban J connectivity index is 1.91. The van der Waals surface area contributed by atoms with Crippen LogP contribution in [0.4, 0.5) is 5.69 Å². The molecule has 2 aliphatic heterocycles.